The molecule has 154 valence electrons. The fourth-order valence-electron chi connectivity index (χ4n) is 3.77. The van der Waals surface area contributed by atoms with Gasteiger partial charge in [-0.2, -0.15) is 5.10 Å². The number of anilines is 1. The zero-order valence-electron chi connectivity index (χ0n) is 17.7. The van der Waals surface area contributed by atoms with E-state index in [0.29, 0.717) is 16.9 Å². The van der Waals surface area contributed by atoms with Crippen molar-refractivity contribution in [3.8, 4) is 22.4 Å². The molecule has 0 aliphatic rings. The number of carbonyl (C=O) groups is 1. The molecule has 1 N–H and O–H groups in total. The molecule has 0 fully saturated rings. The first-order chi connectivity index (χ1) is 14.9. The van der Waals surface area contributed by atoms with Crippen molar-refractivity contribution in [1.82, 2.24) is 9.78 Å². The van der Waals surface area contributed by atoms with Crippen LogP contribution < -0.4 is 10.9 Å². The van der Waals surface area contributed by atoms with Gasteiger partial charge in [0.2, 0.25) is 0 Å². The largest absolute Gasteiger partial charge is 0.322 e. The van der Waals surface area contributed by atoms with Gasteiger partial charge in [-0.05, 0) is 42.7 Å². The third kappa shape index (κ3) is 4.16. The molecule has 3 aromatic carbocycles. The van der Waals surface area contributed by atoms with Crippen LogP contribution in [-0.4, -0.2) is 15.7 Å². The number of rotatable bonds is 4. The zero-order valence-corrected chi connectivity index (χ0v) is 17.7. The first-order valence-corrected chi connectivity index (χ1v) is 10.1. The average Bonchev–Trinajstić information content (AvgIpc) is 2.75. The van der Waals surface area contributed by atoms with E-state index in [0.717, 1.165) is 22.3 Å². The van der Waals surface area contributed by atoms with E-state index >= 15 is 0 Å². The molecule has 0 spiro atoms. The first-order valence-electron chi connectivity index (χ1n) is 10.1. The lowest BCUT2D eigenvalue weighted by atomic mass is 9.95. The van der Waals surface area contributed by atoms with Gasteiger partial charge >= 0.3 is 0 Å². The fraction of sp³-hybridized carbons (Fsp3) is 0.115. The summed E-state index contributed by atoms with van der Waals surface area (Å²) < 4.78 is 1.23. The van der Waals surface area contributed by atoms with Gasteiger partial charge in [0.05, 0.1) is 5.69 Å². The Morgan fingerprint density at radius 2 is 1.39 bits per heavy atom. The third-order valence-corrected chi connectivity index (χ3v) is 5.06. The maximum Gasteiger partial charge on any atom is 0.280 e. The van der Waals surface area contributed by atoms with Crippen LogP contribution in [0.3, 0.4) is 0 Å². The van der Waals surface area contributed by atoms with Crippen LogP contribution in [0, 0.1) is 13.8 Å². The number of hydrogen-bond acceptors (Lipinski definition) is 3. The Morgan fingerprint density at radius 1 is 0.839 bits per heavy atom. The van der Waals surface area contributed by atoms with Gasteiger partial charge in [0, 0.05) is 23.9 Å². The van der Waals surface area contributed by atoms with Crippen molar-refractivity contribution in [3.05, 3.63) is 106 Å². The fourth-order valence-corrected chi connectivity index (χ4v) is 3.77. The number of carbonyl (C=O) groups excluding carboxylic acids is 1. The van der Waals surface area contributed by atoms with Crippen molar-refractivity contribution >= 4 is 11.6 Å². The van der Waals surface area contributed by atoms with Gasteiger partial charge in [-0.25, -0.2) is 4.68 Å². The molecule has 0 radical (unpaired) electrons. The summed E-state index contributed by atoms with van der Waals surface area (Å²) in [6, 6.07) is 24.8. The van der Waals surface area contributed by atoms with Crippen LogP contribution >= 0.6 is 0 Å². The minimum Gasteiger partial charge on any atom is -0.322 e. The predicted molar refractivity (Wildman–Crippen MR) is 124 cm³/mol. The van der Waals surface area contributed by atoms with Crippen molar-refractivity contribution in [2.45, 2.75) is 13.8 Å². The van der Waals surface area contributed by atoms with Gasteiger partial charge in [-0.1, -0.05) is 66.7 Å². The van der Waals surface area contributed by atoms with Crippen molar-refractivity contribution in [3.63, 3.8) is 0 Å². The van der Waals surface area contributed by atoms with E-state index in [1.54, 1.807) is 7.05 Å². The normalized spacial score (nSPS) is 10.7. The van der Waals surface area contributed by atoms with Crippen LogP contribution in [0.15, 0.2) is 83.7 Å². The highest BCUT2D eigenvalue weighted by Gasteiger charge is 2.24. The van der Waals surface area contributed by atoms with Gasteiger partial charge < -0.3 is 5.32 Å². The molecule has 5 nitrogen and oxygen atoms in total. The van der Waals surface area contributed by atoms with Crippen molar-refractivity contribution in [1.29, 1.82) is 0 Å². The van der Waals surface area contributed by atoms with Crippen LogP contribution in [0.4, 0.5) is 5.69 Å². The summed E-state index contributed by atoms with van der Waals surface area (Å²) in [5.41, 5.74) is 5.05. The molecule has 0 saturated heterocycles. The minimum atomic E-state index is -0.455. The van der Waals surface area contributed by atoms with E-state index in [1.165, 1.54) is 4.68 Å². The Morgan fingerprint density at radius 3 is 1.97 bits per heavy atom. The Labute approximate surface area is 181 Å². The van der Waals surface area contributed by atoms with Crippen molar-refractivity contribution in [2.75, 3.05) is 5.32 Å². The average molecular weight is 409 g/mol. The maximum atomic E-state index is 13.4. The Kier molecular flexibility index (Phi) is 5.50. The Hall–Kier alpha value is -3.99. The molecule has 0 aliphatic carbocycles. The van der Waals surface area contributed by atoms with Crippen LogP contribution in [0.5, 0.6) is 0 Å². The second-order valence-corrected chi connectivity index (χ2v) is 7.59. The van der Waals surface area contributed by atoms with Crippen LogP contribution in [0.2, 0.25) is 0 Å². The van der Waals surface area contributed by atoms with Crippen molar-refractivity contribution < 1.29 is 4.79 Å². The standard InChI is InChI=1S/C26H23N3O2/c1-17-14-18(2)16-21(15-17)27-25(30)23-22(19-10-6-4-7-11-19)24(28-29(3)26(23)31)20-12-8-5-9-13-20/h4-16H,1-3H3,(H,27,30). The zero-order chi connectivity index (χ0) is 22.0. The lowest BCUT2D eigenvalue weighted by molar-refractivity contribution is 0.102. The summed E-state index contributed by atoms with van der Waals surface area (Å²) in [5.74, 6) is -0.455. The highest BCUT2D eigenvalue weighted by Crippen LogP contribution is 2.32. The molecule has 1 amide bonds. The van der Waals surface area contributed by atoms with E-state index in [2.05, 4.69) is 10.4 Å². The summed E-state index contributed by atoms with van der Waals surface area (Å²) in [6.45, 7) is 3.94. The van der Waals surface area contributed by atoms with Crippen molar-refractivity contribution in [2.24, 2.45) is 7.05 Å². The monoisotopic (exact) mass is 409 g/mol. The van der Waals surface area contributed by atoms with Gasteiger partial charge in [0.15, 0.2) is 0 Å². The van der Waals surface area contributed by atoms with Crippen LogP contribution in [-0.2, 0) is 7.05 Å². The molecule has 0 aliphatic heterocycles. The second-order valence-electron chi connectivity index (χ2n) is 7.59. The third-order valence-electron chi connectivity index (χ3n) is 5.06. The molecular formula is C26H23N3O2. The highest BCUT2D eigenvalue weighted by atomic mass is 16.2. The summed E-state index contributed by atoms with van der Waals surface area (Å²) in [5, 5.41) is 7.44. The molecule has 0 unspecified atom stereocenters. The SMILES string of the molecule is Cc1cc(C)cc(NC(=O)c2c(-c3ccccc3)c(-c3ccccc3)nn(C)c2=O)c1. The molecule has 31 heavy (non-hydrogen) atoms. The molecule has 1 aromatic heterocycles. The smallest absolute Gasteiger partial charge is 0.280 e. The molecule has 1 heterocycles. The topological polar surface area (TPSA) is 64.0 Å². The molecule has 5 heteroatoms. The second kappa shape index (κ2) is 8.40. The molecule has 0 saturated carbocycles. The van der Waals surface area contributed by atoms with Gasteiger partial charge in [-0.15, -0.1) is 0 Å². The van der Waals surface area contributed by atoms with E-state index < -0.39 is 11.5 Å². The molecule has 4 rings (SSSR count). The Balaban J connectivity index is 1.95. The summed E-state index contributed by atoms with van der Waals surface area (Å²) in [6.07, 6.45) is 0. The lowest BCUT2D eigenvalue weighted by Gasteiger charge is -2.16. The van der Waals surface area contributed by atoms with Gasteiger partial charge in [-0.3, -0.25) is 9.59 Å². The van der Waals surface area contributed by atoms with E-state index in [-0.39, 0.29) is 5.56 Å². The number of hydrogen-bond donors (Lipinski definition) is 1. The molecule has 0 bridgehead atoms. The van der Waals surface area contributed by atoms with E-state index in [4.69, 9.17) is 0 Å². The summed E-state index contributed by atoms with van der Waals surface area (Å²) in [7, 11) is 1.57. The molecule has 4 aromatic rings. The van der Waals surface area contributed by atoms with Crippen LogP contribution in [0.1, 0.15) is 21.5 Å². The number of aromatic nitrogens is 2. The number of aryl methyl sites for hydroxylation is 3. The number of nitrogens with one attached hydrogen (secondary N) is 1. The summed E-state index contributed by atoms with van der Waals surface area (Å²) in [4.78, 5) is 26.6. The highest BCUT2D eigenvalue weighted by molar-refractivity contribution is 6.10. The Bertz CT molecular complexity index is 1290. The number of nitrogens with zero attached hydrogens (tertiary/aromatic N) is 2. The summed E-state index contributed by atoms with van der Waals surface area (Å²) >= 11 is 0. The lowest BCUT2D eigenvalue weighted by Crippen LogP contribution is -2.31. The quantitative estimate of drug-likeness (QED) is 0.517. The minimum absolute atomic E-state index is 0.0710. The van der Waals surface area contributed by atoms with Gasteiger partial charge in [0.25, 0.3) is 11.5 Å². The number of benzene rings is 3. The van der Waals surface area contributed by atoms with Gasteiger partial charge in [0.1, 0.15) is 5.56 Å². The van der Waals surface area contributed by atoms with E-state index in [9.17, 15) is 9.59 Å². The van der Waals surface area contributed by atoms with Crippen LogP contribution in [0.25, 0.3) is 22.4 Å². The predicted octanol–water partition coefficient (Wildman–Crippen LogP) is 4.98. The first kappa shape index (κ1) is 20.3. The van der Waals surface area contributed by atoms with E-state index in [1.807, 2.05) is 92.7 Å². The molecular weight excluding hydrogens is 386 g/mol. The number of amides is 1. The molecule has 0 atom stereocenters. The maximum absolute atomic E-state index is 13.4.